The zero-order valence-corrected chi connectivity index (χ0v) is 8.39. The highest BCUT2D eigenvalue weighted by molar-refractivity contribution is 7.89. The highest BCUT2D eigenvalue weighted by atomic mass is 32.2. The summed E-state index contributed by atoms with van der Waals surface area (Å²) in [5, 5.41) is 8.81. The van der Waals surface area contributed by atoms with E-state index in [1.54, 1.807) is 24.6 Å². The van der Waals surface area contributed by atoms with E-state index in [0.717, 1.165) is 5.56 Å². The molecule has 0 saturated heterocycles. The molecule has 0 fully saturated rings. The third kappa shape index (κ3) is 7.44. The van der Waals surface area contributed by atoms with E-state index in [1.807, 2.05) is 19.1 Å². The average Bonchev–Trinajstić information content (AvgIpc) is 1.84. The van der Waals surface area contributed by atoms with Crippen molar-refractivity contribution >= 4 is 11.2 Å². The Balaban J connectivity index is 0.000000261. The first-order valence-electron chi connectivity index (χ1n) is 3.53. The lowest BCUT2D eigenvalue weighted by molar-refractivity contribution is 0.475. The number of aromatic hydroxyl groups is 1. The summed E-state index contributed by atoms with van der Waals surface area (Å²) >= 11 is -0.611. The molecular weight excluding hydrogens is 172 g/mol. The van der Waals surface area contributed by atoms with E-state index in [9.17, 15) is 4.55 Å². The number of rotatable bonds is 0. The molecule has 0 aromatic heterocycles. The summed E-state index contributed by atoms with van der Waals surface area (Å²) in [7, 11) is 0. The van der Waals surface area contributed by atoms with Crippen LogP contribution in [-0.4, -0.2) is 22.2 Å². The summed E-state index contributed by atoms with van der Waals surface area (Å²) in [6.07, 6.45) is 3.28. The fourth-order valence-corrected chi connectivity index (χ4v) is 0.628. The van der Waals surface area contributed by atoms with Gasteiger partial charge >= 0.3 is 0 Å². The van der Waals surface area contributed by atoms with Gasteiger partial charge in [-0.2, -0.15) is 0 Å². The molecule has 0 saturated carbocycles. The van der Waals surface area contributed by atoms with Crippen LogP contribution in [0.15, 0.2) is 24.3 Å². The Morgan fingerprint density at radius 3 is 2.08 bits per heavy atom. The molecule has 2 nitrogen and oxygen atoms in total. The standard InChI is InChI=1S/C7H8O.C2H6OS/c1-6-3-2-4-7(8)5-6;1-4(2)3/h2-5,8H,1H3;1-2H3. The maximum Gasteiger partial charge on any atom is 0.115 e. The molecule has 68 valence electrons. The van der Waals surface area contributed by atoms with Crippen LogP contribution in [0.4, 0.5) is 0 Å². The normalized spacial score (nSPS) is 9.08. The van der Waals surface area contributed by atoms with Gasteiger partial charge in [-0.05, 0) is 24.6 Å². The first-order chi connectivity index (χ1) is 5.52. The van der Waals surface area contributed by atoms with Crippen molar-refractivity contribution in [2.45, 2.75) is 6.92 Å². The van der Waals surface area contributed by atoms with Crippen LogP contribution in [0.2, 0.25) is 0 Å². The number of benzene rings is 1. The topological polar surface area (TPSA) is 43.3 Å². The van der Waals surface area contributed by atoms with Gasteiger partial charge in [-0.25, -0.2) is 0 Å². The Morgan fingerprint density at radius 2 is 1.83 bits per heavy atom. The largest absolute Gasteiger partial charge is 0.617 e. The quantitative estimate of drug-likeness (QED) is 0.627. The second kappa shape index (κ2) is 5.91. The molecule has 0 spiro atoms. The molecule has 0 amide bonds. The van der Waals surface area contributed by atoms with Crippen molar-refractivity contribution in [2.24, 2.45) is 0 Å². The number of hydrogen-bond acceptors (Lipinski definition) is 2. The minimum atomic E-state index is -0.611. The van der Waals surface area contributed by atoms with E-state index >= 15 is 0 Å². The molecule has 1 aromatic carbocycles. The molecule has 1 rings (SSSR count). The molecule has 0 radical (unpaired) electrons. The predicted molar refractivity (Wildman–Crippen MR) is 52.8 cm³/mol. The van der Waals surface area contributed by atoms with Gasteiger partial charge in [-0.3, -0.25) is 0 Å². The molecule has 0 aliphatic heterocycles. The van der Waals surface area contributed by atoms with Gasteiger partial charge in [0, 0.05) is 0 Å². The van der Waals surface area contributed by atoms with E-state index in [0.29, 0.717) is 5.75 Å². The smallest absolute Gasteiger partial charge is 0.115 e. The van der Waals surface area contributed by atoms with Gasteiger partial charge in [0.15, 0.2) is 0 Å². The lowest BCUT2D eigenvalue weighted by atomic mass is 10.2. The summed E-state index contributed by atoms with van der Waals surface area (Å²) in [4.78, 5) is 0. The molecular formula is C9H14O2S. The van der Waals surface area contributed by atoms with E-state index in [1.165, 1.54) is 0 Å². The molecule has 3 heteroatoms. The zero-order chi connectivity index (χ0) is 9.56. The van der Waals surface area contributed by atoms with E-state index in [-0.39, 0.29) is 0 Å². The summed E-state index contributed by atoms with van der Waals surface area (Å²) in [5.41, 5.74) is 1.09. The van der Waals surface area contributed by atoms with E-state index in [4.69, 9.17) is 5.11 Å². The van der Waals surface area contributed by atoms with Crippen molar-refractivity contribution in [3.8, 4) is 5.75 Å². The van der Waals surface area contributed by atoms with Crippen LogP contribution in [0.1, 0.15) is 5.56 Å². The van der Waals surface area contributed by atoms with Crippen LogP contribution >= 0.6 is 0 Å². The molecule has 0 unspecified atom stereocenters. The lowest BCUT2D eigenvalue weighted by Gasteiger charge is -1.89. The molecule has 1 aromatic rings. The second-order valence-corrected chi connectivity index (χ2v) is 4.06. The minimum absolute atomic E-state index is 0.338. The van der Waals surface area contributed by atoms with Crippen molar-refractivity contribution in [3.05, 3.63) is 29.8 Å². The molecule has 0 aliphatic rings. The fraction of sp³-hybridized carbons (Fsp3) is 0.333. The molecule has 0 atom stereocenters. The van der Waals surface area contributed by atoms with Crippen molar-refractivity contribution in [3.63, 3.8) is 0 Å². The Morgan fingerprint density at radius 1 is 1.33 bits per heavy atom. The van der Waals surface area contributed by atoms with Crippen molar-refractivity contribution < 1.29 is 9.66 Å². The van der Waals surface area contributed by atoms with Gasteiger partial charge < -0.3 is 9.66 Å². The molecule has 0 heterocycles. The van der Waals surface area contributed by atoms with Crippen molar-refractivity contribution in [1.29, 1.82) is 0 Å². The first-order valence-corrected chi connectivity index (χ1v) is 5.49. The lowest BCUT2D eigenvalue weighted by Crippen LogP contribution is -1.86. The van der Waals surface area contributed by atoms with E-state index < -0.39 is 11.2 Å². The molecule has 1 N–H and O–H groups in total. The highest BCUT2D eigenvalue weighted by Crippen LogP contribution is 2.08. The molecule has 12 heavy (non-hydrogen) atoms. The third-order valence-electron chi connectivity index (χ3n) is 1.00. The third-order valence-corrected chi connectivity index (χ3v) is 1.00. The van der Waals surface area contributed by atoms with Crippen LogP contribution in [0.25, 0.3) is 0 Å². The van der Waals surface area contributed by atoms with Crippen molar-refractivity contribution in [2.75, 3.05) is 12.5 Å². The van der Waals surface area contributed by atoms with Gasteiger partial charge in [-0.1, -0.05) is 23.3 Å². The predicted octanol–water partition coefficient (Wildman–Crippen LogP) is 1.70. The highest BCUT2D eigenvalue weighted by Gasteiger charge is 1.83. The number of hydrogen-bond donors (Lipinski definition) is 1. The number of phenols is 1. The Hall–Kier alpha value is -0.670. The Bertz CT molecular complexity index is 204. The maximum absolute atomic E-state index is 9.56. The first kappa shape index (κ1) is 11.3. The number of phenolic OH excluding ortho intramolecular Hbond substituents is 1. The summed E-state index contributed by atoms with van der Waals surface area (Å²) < 4.78 is 9.56. The van der Waals surface area contributed by atoms with Gasteiger partial charge in [0.05, 0.1) is 12.5 Å². The Kier molecular flexibility index (Phi) is 5.58. The summed E-state index contributed by atoms with van der Waals surface area (Å²) in [6, 6.07) is 7.15. The monoisotopic (exact) mass is 186 g/mol. The second-order valence-electron chi connectivity index (χ2n) is 2.58. The van der Waals surface area contributed by atoms with Crippen LogP contribution < -0.4 is 0 Å². The Labute approximate surface area is 76.4 Å². The van der Waals surface area contributed by atoms with Gasteiger partial charge in [0.1, 0.15) is 5.75 Å². The average molecular weight is 186 g/mol. The van der Waals surface area contributed by atoms with Gasteiger partial charge in [-0.15, -0.1) is 0 Å². The van der Waals surface area contributed by atoms with Gasteiger partial charge in [0.25, 0.3) is 0 Å². The van der Waals surface area contributed by atoms with Crippen molar-refractivity contribution in [1.82, 2.24) is 0 Å². The molecule has 0 bridgehead atoms. The fourth-order valence-electron chi connectivity index (χ4n) is 0.628. The van der Waals surface area contributed by atoms with Crippen LogP contribution in [0.3, 0.4) is 0 Å². The summed E-state index contributed by atoms with van der Waals surface area (Å²) in [5.74, 6) is 0.338. The van der Waals surface area contributed by atoms with E-state index in [2.05, 4.69) is 0 Å². The number of aryl methyl sites for hydroxylation is 1. The van der Waals surface area contributed by atoms with Crippen LogP contribution in [0.5, 0.6) is 5.75 Å². The summed E-state index contributed by atoms with van der Waals surface area (Å²) in [6.45, 7) is 1.94. The minimum Gasteiger partial charge on any atom is -0.617 e. The van der Waals surface area contributed by atoms with Crippen LogP contribution in [-0.2, 0) is 11.2 Å². The van der Waals surface area contributed by atoms with Crippen LogP contribution in [0, 0.1) is 6.92 Å². The molecule has 0 aliphatic carbocycles. The SMILES string of the molecule is C[S+](C)[O-].Cc1cccc(O)c1. The van der Waals surface area contributed by atoms with Gasteiger partial charge in [0.2, 0.25) is 0 Å². The maximum atomic E-state index is 9.56. The zero-order valence-electron chi connectivity index (χ0n) is 7.57.